The molecule has 1 N–H and O–H groups in total. The minimum Gasteiger partial charge on any atom is -0.379 e. The zero-order valence-corrected chi connectivity index (χ0v) is 17.1. The number of hydrogen-bond donors (Lipinski definition) is 1. The van der Waals surface area contributed by atoms with Crippen LogP contribution in [0.25, 0.3) is 22.3 Å². The lowest BCUT2D eigenvalue weighted by molar-refractivity contribution is 0.0383. The molecule has 3 aromatic rings. The molecule has 7 heteroatoms. The number of morpholine rings is 1. The molecule has 0 spiro atoms. The van der Waals surface area contributed by atoms with Gasteiger partial charge in [-0.1, -0.05) is 23.7 Å². The van der Waals surface area contributed by atoms with Gasteiger partial charge in [0.25, 0.3) is 5.91 Å². The van der Waals surface area contributed by atoms with E-state index >= 15 is 0 Å². The smallest absolute Gasteiger partial charge is 0.252 e. The Hall–Kier alpha value is -2.54. The molecule has 1 fully saturated rings. The first-order valence-corrected chi connectivity index (χ1v) is 10.1. The molecule has 0 aliphatic carbocycles. The average Bonchev–Trinajstić information content (AvgIpc) is 2.77. The van der Waals surface area contributed by atoms with Crippen molar-refractivity contribution in [3.05, 3.63) is 58.7 Å². The molecule has 0 atom stereocenters. The predicted molar refractivity (Wildman–Crippen MR) is 114 cm³/mol. The second-order valence-corrected chi connectivity index (χ2v) is 7.46. The van der Waals surface area contributed by atoms with Crippen molar-refractivity contribution in [2.24, 2.45) is 0 Å². The number of hydrogen-bond acceptors (Lipinski definition) is 5. The monoisotopic (exact) mass is 410 g/mol. The maximum atomic E-state index is 13.0. The zero-order valence-electron chi connectivity index (χ0n) is 16.3. The van der Waals surface area contributed by atoms with Gasteiger partial charge in [0, 0.05) is 42.8 Å². The van der Waals surface area contributed by atoms with Crippen LogP contribution in [0.2, 0.25) is 5.02 Å². The van der Waals surface area contributed by atoms with E-state index in [1.165, 1.54) is 0 Å². The number of aryl methyl sites for hydroxylation is 1. The maximum Gasteiger partial charge on any atom is 0.252 e. The van der Waals surface area contributed by atoms with Crippen LogP contribution in [-0.2, 0) is 4.74 Å². The van der Waals surface area contributed by atoms with Crippen LogP contribution >= 0.6 is 11.6 Å². The first kappa shape index (κ1) is 19.8. The highest BCUT2D eigenvalue weighted by molar-refractivity contribution is 6.32. The Balaban J connectivity index is 1.64. The number of nitrogens with zero attached hydrogens (tertiary/aromatic N) is 3. The van der Waals surface area contributed by atoms with Crippen molar-refractivity contribution < 1.29 is 9.53 Å². The highest BCUT2D eigenvalue weighted by atomic mass is 35.5. The molecule has 1 aromatic carbocycles. The van der Waals surface area contributed by atoms with Crippen LogP contribution in [0.15, 0.2) is 42.6 Å². The quantitative estimate of drug-likeness (QED) is 0.698. The van der Waals surface area contributed by atoms with Gasteiger partial charge in [0.15, 0.2) is 0 Å². The number of halogens is 1. The van der Waals surface area contributed by atoms with Gasteiger partial charge in [-0.15, -0.1) is 0 Å². The van der Waals surface area contributed by atoms with Crippen molar-refractivity contribution in [2.45, 2.75) is 6.92 Å². The lowest BCUT2D eigenvalue weighted by atomic mass is 10.0. The molecule has 6 nitrogen and oxygen atoms in total. The minimum atomic E-state index is -0.121. The van der Waals surface area contributed by atoms with Crippen LogP contribution in [0.1, 0.15) is 15.9 Å². The Morgan fingerprint density at radius 2 is 2.03 bits per heavy atom. The van der Waals surface area contributed by atoms with Gasteiger partial charge in [0.2, 0.25) is 0 Å². The van der Waals surface area contributed by atoms with Crippen molar-refractivity contribution in [1.82, 2.24) is 20.2 Å². The zero-order chi connectivity index (χ0) is 20.2. The summed E-state index contributed by atoms with van der Waals surface area (Å²) in [6.07, 6.45) is 1.72. The highest BCUT2D eigenvalue weighted by Gasteiger charge is 2.17. The van der Waals surface area contributed by atoms with Crippen molar-refractivity contribution in [2.75, 3.05) is 39.4 Å². The number of carbonyl (C=O) groups excluding carboxylic acids is 1. The van der Waals surface area contributed by atoms with Gasteiger partial charge in [-0.25, -0.2) is 4.98 Å². The summed E-state index contributed by atoms with van der Waals surface area (Å²) in [5.41, 5.74) is 3.53. The third-order valence-electron chi connectivity index (χ3n) is 5.16. The number of nitrogens with one attached hydrogen (secondary N) is 1. The number of carbonyl (C=O) groups is 1. The van der Waals surface area contributed by atoms with Gasteiger partial charge < -0.3 is 10.1 Å². The van der Waals surface area contributed by atoms with E-state index < -0.39 is 0 Å². The highest BCUT2D eigenvalue weighted by Crippen LogP contribution is 2.29. The van der Waals surface area contributed by atoms with E-state index in [9.17, 15) is 4.79 Å². The third-order valence-corrected chi connectivity index (χ3v) is 5.57. The lowest BCUT2D eigenvalue weighted by Gasteiger charge is -2.26. The summed E-state index contributed by atoms with van der Waals surface area (Å²) < 4.78 is 5.37. The van der Waals surface area contributed by atoms with Crippen LogP contribution in [0.3, 0.4) is 0 Å². The van der Waals surface area contributed by atoms with Gasteiger partial charge in [-0.3, -0.25) is 14.7 Å². The van der Waals surface area contributed by atoms with Gasteiger partial charge in [-0.2, -0.15) is 0 Å². The van der Waals surface area contributed by atoms with Crippen molar-refractivity contribution in [3.8, 4) is 11.4 Å². The number of rotatable bonds is 5. The van der Waals surface area contributed by atoms with E-state index in [0.717, 1.165) is 55.0 Å². The molecule has 1 aliphatic rings. The lowest BCUT2D eigenvalue weighted by Crippen LogP contribution is -2.41. The molecule has 4 rings (SSSR count). The molecular weight excluding hydrogens is 388 g/mol. The summed E-state index contributed by atoms with van der Waals surface area (Å²) in [4.78, 5) is 24.5. The van der Waals surface area contributed by atoms with Gasteiger partial charge in [-0.05, 0) is 36.8 Å². The predicted octanol–water partition coefficient (Wildman–Crippen LogP) is 3.32. The van der Waals surface area contributed by atoms with E-state index in [1.807, 2.05) is 43.3 Å². The van der Waals surface area contributed by atoms with Gasteiger partial charge in [0.05, 0.1) is 35.7 Å². The molecule has 3 heterocycles. The second-order valence-electron chi connectivity index (χ2n) is 7.05. The van der Waals surface area contributed by atoms with Crippen LogP contribution in [0.4, 0.5) is 0 Å². The summed E-state index contributed by atoms with van der Waals surface area (Å²) in [5.74, 6) is -0.121. The molecule has 2 aromatic heterocycles. The SMILES string of the molecule is Cc1c(Cl)ccc2c(C(=O)NCCN3CCOCC3)cc(-c3ccccn3)nc12. The normalized spacial score (nSPS) is 14.8. The Morgan fingerprint density at radius 3 is 2.79 bits per heavy atom. The van der Waals surface area contributed by atoms with E-state index in [4.69, 9.17) is 21.3 Å². The fourth-order valence-corrected chi connectivity index (χ4v) is 3.64. The molecular formula is C22H23ClN4O2. The maximum absolute atomic E-state index is 13.0. The standard InChI is InChI=1S/C22H23ClN4O2/c1-15-18(23)6-5-16-17(22(28)25-8-9-27-10-12-29-13-11-27)14-20(26-21(15)16)19-4-2-3-7-24-19/h2-7,14H,8-13H2,1H3,(H,25,28). The fraction of sp³-hybridized carbons (Fsp3) is 0.318. The topological polar surface area (TPSA) is 67.4 Å². The average molecular weight is 411 g/mol. The first-order chi connectivity index (χ1) is 14.1. The molecule has 1 amide bonds. The Kier molecular flexibility index (Phi) is 6.04. The van der Waals surface area contributed by atoms with Gasteiger partial charge in [0.1, 0.15) is 0 Å². The molecule has 29 heavy (non-hydrogen) atoms. The Labute approximate surface area is 174 Å². The minimum absolute atomic E-state index is 0.121. The molecule has 0 saturated carbocycles. The Morgan fingerprint density at radius 1 is 1.21 bits per heavy atom. The summed E-state index contributed by atoms with van der Waals surface area (Å²) >= 11 is 6.32. The van der Waals surface area contributed by atoms with E-state index in [1.54, 1.807) is 6.20 Å². The summed E-state index contributed by atoms with van der Waals surface area (Å²) in [7, 11) is 0. The fourth-order valence-electron chi connectivity index (χ4n) is 3.49. The van der Waals surface area contributed by atoms with E-state index in [2.05, 4.69) is 15.2 Å². The number of benzene rings is 1. The summed E-state index contributed by atoms with van der Waals surface area (Å²) in [6.45, 7) is 6.59. The second kappa shape index (κ2) is 8.86. The number of ether oxygens (including phenoxy) is 1. The summed E-state index contributed by atoms with van der Waals surface area (Å²) in [5, 5.41) is 4.46. The largest absolute Gasteiger partial charge is 0.379 e. The molecule has 150 valence electrons. The molecule has 0 radical (unpaired) electrons. The van der Waals surface area contributed by atoms with Crippen LogP contribution in [-0.4, -0.2) is 60.2 Å². The third kappa shape index (κ3) is 4.40. The van der Waals surface area contributed by atoms with Crippen LogP contribution in [0.5, 0.6) is 0 Å². The molecule has 0 bridgehead atoms. The molecule has 1 aliphatic heterocycles. The van der Waals surface area contributed by atoms with Crippen molar-refractivity contribution in [3.63, 3.8) is 0 Å². The van der Waals surface area contributed by atoms with Crippen molar-refractivity contribution in [1.29, 1.82) is 0 Å². The number of pyridine rings is 2. The molecule has 0 unspecified atom stereocenters. The van der Waals surface area contributed by atoms with Gasteiger partial charge >= 0.3 is 0 Å². The van der Waals surface area contributed by atoms with E-state index in [0.29, 0.717) is 22.8 Å². The van der Waals surface area contributed by atoms with Crippen molar-refractivity contribution >= 4 is 28.4 Å². The number of aromatic nitrogens is 2. The summed E-state index contributed by atoms with van der Waals surface area (Å²) in [6, 6.07) is 11.1. The molecule has 1 saturated heterocycles. The van der Waals surface area contributed by atoms with Crippen LogP contribution < -0.4 is 5.32 Å². The first-order valence-electron chi connectivity index (χ1n) is 9.73. The number of fused-ring (bicyclic) bond motifs is 1. The van der Waals surface area contributed by atoms with E-state index in [-0.39, 0.29) is 5.91 Å². The Bertz CT molecular complexity index is 1020. The van der Waals surface area contributed by atoms with Crippen LogP contribution in [0, 0.1) is 6.92 Å². The number of amides is 1.